The maximum Gasteiger partial charge on any atom is 0.293 e. The number of benzene rings is 3. The van der Waals surface area contributed by atoms with Crippen molar-refractivity contribution in [3.8, 4) is 11.5 Å². The highest BCUT2D eigenvalue weighted by Crippen LogP contribution is 2.40. The summed E-state index contributed by atoms with van der Waals surface area (Å²) in [7, 11) is 0. The number of rotatable bonds is 8. The summed E-state index contributed by atoms with van der Waals surface area (Å²) in [6, 6.07) is 15.2. The van der Waals surface area contributed by atoms with Crippen LogP contribution in [0.1, 0.15) is 23.6 Å². The molecular weight excluding hydrogens is 496 g/mol. The van der Waals surface area contributed by atoms with Gasteiger partial charge >= 0.3 is 0 Å². The summed E-state index contributed by atoms with van der Waals surface area (Å²) in [5, 5.41) is -0.264. The Balaban J connectivity index is 1.56. The second kappa shape index (κ2) is 10.9. The third-order valence-electron chi connectivity index (χ3n) is 5.06. The van der Waals surface area contributed by atoms with Crippen LogP contribution in [0.4, 0.5) is 13.6 Å². The Hall–Kier alpha value is -3.36. The summed E-state index contributed by atoms with van der Waals surface area (Å²) in [6.45, 7) is 2.04. The Morgan fingerprint density at radius 2 is 1.83 bits per heavy atom. The zero-order valence-corrected chi connectivity index (χ0v) is 20.2. The van der Waals surface area contributed by atoms with E-state index in [1.54, 1.807) is 37.3 Å². The molecule has 1 aliphatic heterocycles. The van der Waals surface area contributed by atoms with Crippen LogP contribution in [0.5, 0.6) is 11.5 Å². The molecule has 0 saturated carbocycles. The van der Waals surface area contributed by atoms with E-state index in [-0.39, 0.29) is 40.2 Å². The molecule has 0 N–H and O–H groups in total. The number of carbonyl (C=O) groups excluding carboxylic acids is 2. The molecule has 0 unspecified atom stereocenters. The second-order valence-electron chi connectivity index (χ2n) is 7.54. The number of nitrogens with zero attached hydrogens (tertiary/aromatic N) is 1. The minimum Gasteiger partial charge on any atom is -0.490 e. The Morgan fingerprint density at radius 1 is 1.03 bits per heavy atom. The Morgan fingerprint density at radius 3 is 2.57 bits per heavy atom. The molecule has 180 valence electrons. The van der Waals surface area contributed by atoms with Gasteiger partial charge in [0.05, 0.1) is 23.1 Å². The van der Waals surface area contributed by atoms with E-state index in [1.165, 1.54) is 36.4 Å². The van der Waals surface area contributed by atoms with Gasteiger partial charge in [-0.05, 0) is 66.2 Å². The van der Waals surface area contributed by atoms with Crippen molar-refractivity contribution in [2.45, 2.75) is 20.1 Å². The first-order chi connectivity index (χ1) is 16.9. The van der Waals surface area contributed by atoms with Gasteiger partial charge < -0.3 is 9.47 Å². The summed E-state index contributed by atoms with van der Waals surface area (Å²) >= 11 is 7.22. The largest absolute Gasteiger partial charge is 0.490 e. The number of ether oxygens (including phenoxy) is 2. The molecule has 1 saturated heterocycles. The zero-order valence-electron chi connectivity index (χ0n) is 18.6. The van der Waals surface area contributed by atoms with Gasteiger partial charge in [0.15, 0.2) is 11.5 Å². The van der Waals surface area contributed by atoms with Gasteiger partial charge in [0.1, 0.15) is 18.2 Å². The van der Waals surface area contributed by atoms with Gasteiger partial charge in [-0.3, -0.25) is 14.5 Å². The van der Waals surface area contributed by atoms with E-state index < -0.39 is 17.0 Å². The van der Waals surface area contributed by atoms with E-state index in [4.69, 9.17) is 21.1 Å². The molecule has 1 fully saturated rings. The molecule has 3 aromatic rings. The molecule has 9 heteroatoms. The van der Waals surface area contributed by atoms with E-state index in [2.05, 4.69) is 0 Å². The first kappa shape index (κ1) is 24.8. The van der Waals surface area contributed by atoms with E-state index >= 15 is 0 Å². The van der Waals surface area contributed by atoms with Crippen molar-refractivity contribution in [3.05, 3.63) is 98.9 Å². The van der Waals surface area contributed by atoms with Gasteiger partial charge in [0.25, 0.3) is 11.1 Å². The maximum atomic E-state index is 14.0. The first-order valence-corrected chi connectivity index (χ1v) is 11.9. The third kappa shape index (κ3) is 5.83. The lowest BCUT2D eigenvalue weighted by molar-refractivity contribution is -0.123. The fourth-order valence-corrected chi connectivity index (χ4v) is 4.55. The van der Waals surface area contributed by atoms with Gasteiger partial charge in [-0.1, -0.05) is 41.9 Å². The molecule has 0 spiro atoms. The molecule has 1 heterocycles. The van der Waals surface area contributed by atoms with Crippen molar-refractivity contribution in [3.63, 3.8) is 0 Å². The number of imide groups is 1. The molecule has 0 atom stereocenters. The van der Waals surface area contributed by atoms with Gasteiger partial charge in [-0.15, -0.1) is 0 Å². The quantitative estimate of drug-likeness (QED) is 0.308. The minimum atomic E-state index is -0.524. The molecule has 0 bridgehead atoms. The Kier molecular flexibility index (Phi) is 7.73. The van der Waals surface area contributed by atoms with Crippen LogP contribution >= 0.6 is 23.4 Å². The number of hydrogen-bond acceptors (Lipinski definition) is 5. The molecular formula is C26H20ClF2NO4S. The number of thioether (sulfide) groups is 1. The summed E-state index contributed by atoms with van der Waals surface area (Å²) in [6.07, 6.45) is 1.52. The van der Waals surface area contributed by atoms with Gasteiger partial charge in [-0.25, -0.2) is 8.78 Å². The second-order valence-corrected chi connectivity index (χ2v) is 8.94. The normalized spacial score (nSPS) is 14.6. The predicted octanol–water partition coefficient (Wildman–Crippen LogP) is 6.83. The minimum absolute atomic E-state index is 0.0752. The predicted molar refractivity (Wildman–Crippen MR) is 131 cm³/mol. The topological polar surface area (TPSA) is 55.8 Å². The van der Waals surface area contributed by atoms with Gasteiger partial charge in [0, 0.05) is 5.56 Å². The highest BCUT2D eigenvalue weighted by atomic mass is 35.5. The van der Waals surface area contributed by atoms with Crippen LogP contribution in [0.3, 0.4) is 0 Å². The van der Waals surface area contributed by atoms with Crippen LogP contribution in [0, 0.1) is 11.6 Å². The van der Waals surface area contributed by atoms with Crippen LogP contribution in [-0.4, -0.2) is 22.7 Å². The molecule has 3 aromatic carbocycles. The van der Waals surface area contributed by atoms with Crippen LogP contribution in [0.2, 0.25) is 5.02 Å². The van der Waals surface area contributed by atoms with Crippen LogP contribution < -0.4 is 9.47 Å². The Bertz CT molecular complexity index is 1310. The van der Waals surface area contributed by atoms with E-state index in [9.17, 15) is 18.4 Å². The average Bonchev–Trinajstić information content (AvgIpc) is 3.07. The lowest BCUT2D eigenvalue weighted by atomic mass is 10.1. The maximum absolute atomic E-state index is 14.0. The zero-order chi connectivity index (χ0) is 24.9. The van der Waals surface area contributed by atoms with Crippen molar-refractivity contribution >= 4 is 40.6 Å². The molecule has 35 heavy (non-hydrogen) atoms. The summed E-state index contributed by atoms with van der Waals surface area (Å²) in [4.78, 5) is 26.5. The number of hydrogen-bond donors (Lipinski definition) is 0. The summed E-state index contributed by atoms with van der Waals surface area (Å²) in [5.41, 5.74) is 1.39. The van der Waals surface area contributed by atoms with Crippen molar-refractivity contribution in [1.82, 2.24) is 4.90 Å². The number of halogens is 3. The van der Waals surface area contributed by atoms with Crippen LogP contribution in [0.25, 0.3) is 6.08 Å². The van der Waals surface area contributed by atoms with E-state index in [0.717, 1.165) is 16.7 Å². The molecule has 4 rings (SSSR count). The van der Waals surface area contributed by atoms with Crippen LogP contribution in [0.15, 0.2) is 65.6 Å². The molecule has 0 aliphatic carbocycles. The molecule has 0 aromatic heterocycles. The smallest absolute Gasteiger partial charge is 0.293 e. The fourth-order valence-electron chi connectivity index (χ4n) is 3.44. The standard InChI is InChI=1S/C26H20ClF2NO4S/c1-2-33-22-12-17(11-20(27)24(22)34-15-16-6-5-8-19(28)10-16)13-23-25(31)30(26(32)35-23)14-18-7-3-4-9-21(18)29/h3-13H,2,14-15H2,1H3. The summed E-state index contributed by atoms with van der Waals surface area (Å²) in [5.74, 6) is -0.765. The monoisotopic (exact) mass is 515 g/mol. The first-order valence-electron chi connectivity index (χ1n) is 10.7. The molecule has 2 amide bonds. The summed E-state index contributed by atoms with van der Waals surface area (Å²) < 4.78 is 38.9. The van der Waals surface area contributed by atoms with Gasteiger partial charge in [0.2, 0.25) is 0 Å². The Labute approximate surface area is 210 Å². The highest BCUT2D eigenvalue weighted by molar-refractivity contribution is 8.18. The molecule has 0 radical (unpaired) electrons. The lowest BCUT2D eigenvalue weighted by Crippen LogP contribution is -2.27. The average molecular weight is 516 g/mol. The van der Waals surface area contributed by atoms with Gasteiger partial charge in [-0.2, -0.15) is 0 Å². The van der Waals surface area contributed by atoms with Crippen molar-refractivity contribution in [1.29, 1.82) is 0 Å². The lowest BCUT2D eigenvalue weighted by Gasteiger charge is -2.15. The third-order valence-corrected chi connectivity index (χ3v) is 6.25. The molecule has 1 aliphatic rings. The van der Waals surface area contributed by atoms with Crippen LogP contribution in [-0.2, 0) is 17.9 Å². The molecule has 5 nitrogen and oxygen atoms in total. The van der Waals surface area contributed by atoms with E-state index in [1.807, 2.05) is 0 Å². The fraction of sp³-hybridized carbons (Fsp3) is 0.154. The number of amides is 2. The number of carbonyl (C=O) groups is 2. The highest BCUT2D eigenvalue weighted by Gasteiger charge is 2.35. The van der Waals surface area contributed by atoms with Crippen molar-refractivity contribution in [2.24, 2.45) is 0 Å². The SMILES string of the molecule is CCOc1cc(C=C2SC(=O)N(Cc3ccccc3F)C2=O)cc(Cl)c1OCc1cccc(F)c1. The van der Waals surface area contributed by atoms with Crippen molar-refractivity contribution in [2.75, 3.05) is 6.61 Å². The van der Waals surface area contributed by atoms with E-state index in [0.29, 0.717) is 23.5 Å². The van der Waals surface area contributed by atoms with Crippen molar-refractivity contribution < 1.29 is 27.8 Å².